The van der Waals surface area contributed by atoms with Crippen LogP contribution in [0.5, 0.6) is 0 Å². The van der Waals surface area contributed by atoms with Crippen molar-refractivity contribution >= 4 is 11.7 Å². The van der Waals surface area contributed by atoms with Crippen LogP contribution in [0, 0.1) is 0 Å². The lowest BCUT2D eigenvalue weighted by Crippen LogP contribution is -2.18. The molecule has 0 aliphatic carbocycles. The van der Waals surface area contributed by atoms with E-state index in [0.29, 0.717) is 0 Å². The smallest absolute Gasteiger partial charge is 0.316 e. The van der Waals surface area contributed by atoms with Gasteiger partial charge in [0.15, 0.2) is 0 Å². The minimum atomic E-state index is -0.536. The number of hydrogen-bond donors (Lipinski definition) is 2. The number of rotatable bonds is 1. The number of primary amides is 1. The second-order valence-corrected chi connectivity index (χ2v) is 2.67. The van der Waals surface area contributed by atoms with Crippen LogP contribution in [0.25, 0.3) is 0 Å². The number of anilines is 1. The summed E-state index contributed by atoms with van der Waals surface area (Å²) < 4.78 is 0. The average molecular weight is 217 g/mol. The van der Waals surface area contributed by atoms with E-state index in [4.69, 9.17) is 5.73 Å². The van der Waals surface area contributed by atoms with Gasteiger partial charge in [-0.05, 0) is 23.4 Å². The van der Waals surface area contributed by atoms with E-state index in [1.54, 1.807) is 30.6 Å². The second-order valence-electron chi connectivity index (χ2n) is 2.67. The largest absolute Gasteiger partial charge is 0.351 e. The number of amides is 2. The molecule has 2 rings (SSSR count). The van der Waals surface area contributed by atoms with E-state index in [2.05, 4.69) is 20.7 Å². The van der Waals surface area contributed by atoms with E-state index in [0.717, 1.165) is 5.69 Å². The van der Waals surface area contributed by atoms with Crippen molar-refractivity contribution in [2.45, 2.75) is 0 Å². The number of nitrogens with two attached hydrogens (primary N) is 1. The van der Waals surface area contributed by atoms with Gasteiger partial charge in [-0.25, -0.2) is 4.79 Å². The average Bonchev–Trinajstić information content (AvgIpc) is 2.32. The molecule has 0 bridgehead atoms. The number of nitrogens with zero attached hydrogens (tertiary/aromatic N) is 3. The molecule has 0 fully saturated rings. The summed E-state index contributed by atoms with van der Waals surface area (Å²) in [5, 5.41) is 12.6. The van der Waals surface area contributed by atoms with Gasteiger partial charge in [-0.2, -0.15) is 0 Å². The van der Waals surface area contributed by atoms with Gasteiger partial charge in [0.1, 0.15) is 0 Å². The monoisotopic (exact) mass is 217 g/mol. The molecule has 0 aliphatic rings. The van der Waals surface area contributed by atoms with E-state index >= 15 is 0 Å². The molecular weight excluding hydrogens is 206 g/mol. The Morgan fingerprint density at radius 3 is 2.06 bits per heavy atom. The van der Waals surface area contributed by atoms with E-state index < -0.39 is 6.03 Å². The van der Waals surface area contributed by atoms with Gasteiger partial charge in [0, 0.05) is 5.69 Å². The van der Waals surface area contributed by atoms with Crippen LogP contribution in [0.3, 0.4) is 0 Å². The van der Waals surface area contributed by atoms with Crippen molar-refractivity contribution in [1.82, 2.24) is 15.4 Å². The number of aromatic nitrogens is 3. The quantitative estimate of drug-likeness (QED) is 0.746. The first-order valence-electron chi connectivity index (χ1n) is 4.49. The summed E-state index contributed by atoms with van der Waals surface area (Å²) in [6.45, 7) is 0. The van der Waals surface area contributed by atoms with Gasteiger partial charge in [-0.3, -0.25) is 0 Å². The number of urea groups is 1. The molecule has 82 valence electrons. The predicted octanol–water partition coefficient (Wildman–Crippen LogP) is 1.05. The van der Waals surface area contributed by atoms with Crippen molar-refractivity contribution < 1.29 is 4.79 Å². The minimum absolute atomic E-state index is 0.536. The third-order valence-electron chi connectivity index (χ3n) is 1.45. The van der Waals surface area contributed by atoms with Gasteiger partial charge in [0.2, 0.25) is 0 Å². The molecule has 16 heavy (non-hydrogen) atoms. The molecule has 0 atom stereocenters. The number of nitrogens with one attached hydrogen (secondary N) is 1. The lowest BCUT2D eigenvalue weighted by molar-refractivity contribution is 0.259. The van der Waals surface area contributed by atoms with Crippen molar-refractivity contribution in [2.24, 2.45) is 5.73 Å². The van der Waals surface area contributed by atoms with E-state index in [1.165, 1.54) is 0 Å². The highest BCUT2D eigenvalue weighted by atomic mass is 16.2. The molecule has 1 heterocycles. The fourth-order valence-corrected chi connectivity index (χ4v) is 0.869. The standard InChI is InChI=1S/C7H8N2O.C3H3N3/c8-7(10)9-6-4-2-1-3-5-6;1-2-4-6-5-3-1/h1-5H,(H3,8,9,10);1-3H. The number of carbonyl (C=O) groups excluding carboxylic acids is 1. The molecule has 3 N–H and O–H groups in total. The zero-order valence-corrected chi connectivity index (χ0v) is 8.45. The second kappa shape index (κ2) is 6.88. The lowest BCUT2D eigenvalue weighted by atomic mass is 10.3. The maximum absolute atomic E-state index is 10.3. The molecule has 0 saturated carbocycles. The minimum Gasteiger partial charge on any atom is -0.351 e. The number of para-hydroxylation sites is 1. The van der Waals surface area contributed by atoms with Crippen molar-refractivity contribution in [3.8, 4) is 0 Å². The molecule has 1 aromatic heterocycles. The first-order chi connectivity index (χ1) is 7.79. The zero-order chi connectivity index (χ0) is 11.6. The van der Waals surface area contributed by atoms with Gasteiger partial charge in [0.25, 0.3) is 0 Å². The van der Waals surface area contributed by atoms with Gasteiger partial charge in [-0.15, -0.1) is 10.2 Å². The van der Waals surface area contributed by atoms with Crippen LogP contribution < -0.4 is 11.1 Å². The third kappa shape index (κ3) is 5.28. The molecule has 6 nitrogen and oxygen atoms in total. The van der Waals surface area contributed by atoms with Crippen molar-refractivity contribution in [3.05, 3.63) is 48.8 Å². The van der Waals surface area contributed by atoms with Crippen LogP contribution >= 0.6 is 0 Å². The maximum atomic E-state index is 10.3. The summed E-state index contributed by atoms with van der Waals surface area (Å²) >= 11 is 0. The summed E-state index contributed by atoms with van der Waals surface area (Å²) in [6.07, 6.45) is 3.15. The van der Waals surface area contributed by atoms with Crippen molar-refractivity contribution in [1.29, 1.82) is 0 Å². The van der Waals surface area contributed by atoms with E-state index in [-0.39, 0.29) is 0 Å². The fourth-order valence-electron chi connectivity index (χ4n) is 0.869. The summed E-state index contributed by atoms with van der Waals surface area (Å²) in [5.41, 5.74) is 5.59. The first-order valence-corrected chi connectivity index (χ1v) is 4.49. The SMILES string of the molecule is NC(=O)Nc1ccccc1.c1cnnnc1. The normalized spacial score (nSPS) is 8.50. The van der Waals surface area contributed by atoms with Crippen LogP contribution in [0.1, 0.15) is 0 Å². The number of benzene rings is 1. The first kappa shape index (κ1) is 11.6. The maximum Gasteiger partial charge on any atom is 0.316 e. The Morgan fingerprint density at radius 2 is 1.69 bits per heavy atom. The van der Waals surface area contributed by atoms with Crippen LogP contribution in [-0.4, -0.2) is 21.4 Å². The van der Waals surface area contributed by atoms with Gasteiger partial charge >= 0.3 is 6.03 Å². The highest BCUT2D eigenvalue weighted by Gasteiger charge is 1.90. The van der Waals surface area contributed by atoms with Gasteiger partial charge in [-0.1, -0.05) is 18.2 Å². The Balaban J connectivity index is 0.000000181. The Bertz CT molecular complexity index is 379. The third-order valence-corrected chi connectivity index (χ3v) is 1.45. The summed E-state index contributed by atoms with van der Waals surface area (Å²) in [4.78, 5) is 10.3. The Labute approximate surface area is 92.5 Å². The van der Waals surface area contributed by atoms with E-state index in [9.17, 15) is 4.79 Å². The highest BCUT2D eigenvalue weighted by Crippen LogP contribution is 2.03. The van der Waals surface area contributed by atoms with Crippen LogP contribution in [0.4, 0.5) is 10.5 Å². The topological polar surface area (TPSA) is 93.8 Å². The molecule has 0 unspecified atom stereocenters. The molecule has 0 spiro atoms. The Hall–Kier alpha value is -2.50. The molecule has 2 amide bonds. The molecule has 0 saturated heterocycles. The zero-order valence-electron chi connectivity index (χ0n) is 8.45. The molecule has 6 heteroatoms. The van der Waals surface area contributed by atoms with Crippen LogP contribution in [-0.2, 0) is 0 Å². The molecule has 1 aromatic carbocycles. The van der Waals surface area contributed by atoms with Crippen LogP contribution in [0.15, 0.2) is 48.8 Å². The van der Waals surface area contributed by atoms with E-state index in [1.807, 2.05) is 18.2 Å². The summed E-state index contributed by atoms with van der Waals surface area (Å²) in [7, 11) is 0. The van der Waals surface area contributed by atoms with Crippen molar-refractivity contribution in [3.63, 3.8) is 0 Å². The summed E-state index contributed by atoms with van der Waals surface area (Å²) in [5.74, 6) is 0. The van der Waals surface area contributed by atoms with Crippen molar-refractivity contribution in [2.75, 3.05) is 5.32 Å². The predicted molar refractivity (Wildman–Crippen MR) is 59.5 cm³/mol. The summed E-state index contributed by atoms with van der Waals surface area (Å²) in [6, 6.07) is 10.2. The van der Waals surface area contributed by atoms with Crippen LogP contribution in [0.2, 0.25) is 0 Å². The molecular formula is C10H11N5O. The highest BCUT2D eigenvalue weighted by molar-refractivity contribution is 5.87. The lowest BCUT2D eigenvalue weighted by Gasteiger charge is -1.97. The molecule has 0 aliphatic heterocycles. The Kier molecular flexibility index (Phi) is 4.98. The van der Waals surface area contributed by atoms with Gasteiger partial charge in [0.05, 0.1) is 12.4 Å². The molecule has 2 aromatic rings. The fraction of sp³-hybridized carbons (Fsp3) is 0. The molecule has 0 radical (unpaired) electrons. The number of carbonyl (C=O) groups is 1. The van der Waals surface area contributed by atoms with Gasteiger partial charge < -0.3 is 11.1 Å². The number of hydrogen-bond acceptors (Lipinski definition) is 4. The Morgan fingerprint density at radius 1 is 1.06 bits per heavy atom.